The third kappa shape index (κ3) is 3.67. The summed E-state index contributed by atoms with van der Waals surface area (Å²) >= 11 is 0. The minimum Gasteiger partial charge on any atom is -0.480 e. The summed E-state index contributed by atoms with van der Waals surface area (Å²) < 4.78 is 1.60. The van der Waals surface area contributed by atoms with E-state index in [1.807, 2.05) is 0 Å². The van der Waals surface area contributed by atoms with E-state index in [4.69, 9.17) is 5.11 Å². The van der Waals surface area contributed by atoms with Gasteiger partial charge in [0.2, 0.25) is 5.91 Å². The molecule has 2 heterocycles. The number of carbonyl (C=O) groups is 3. The van der Waals surface area contributed by atoms with Crippen LogP contribution in [0, 0.1) is 0 Å². The number of carbonyl (C=O) groups excluding carboxylic acids is 2. The Bertz CT molecular complexity index is 554. The molecular formula is C13H18N4O4. The molecule has 1 fully saturated rings. The van der Waals surface area contributed by atoms with Gasteiger partial charge in [-0.2, -0.15) is 0 Å². The number of rotatable bonds is 4. The molecule has 114 valence electrons. The summed E-state index contributed by atoms with van der Waals surface area (Å²) in [6.07, 6.45) is 1.70. The summed E-state index contributed by atoms with van der Waals surface area (Å²) in [4.78, 5) is 36.5. The number of carboxylic acids is 1. The van der Waals surface area contributed by atoms with E-state index in [0.29, 0.717) is 18.8 Å². The Morgan fingerprint density at radius 1 is 1.48 bits per heavy atom. The molecule has 1 aromatic rings. The van der Waals surface area contributed by atoms with Crippen molar-refractivity contribution in [2.45, 2.75) is 6.04 Å². The third-order valence-electron chi connectivity index (χ3n) is 3.42. The van der Waals surface area contributed by atoms with Crippen molar-refractivity contribution in [2.24, 2.45) is 7.05 Å². The van der Waals surface area contributed by atoms with Crippen molar-refractivity contribution in [3.8, 4) is 0 Å². The Kier molecular flexibility index (Phi) is 4.71. The Labute approximate surface area is 121 Å². The molecule has 1 atom stereocenters. The zero-order chi connectivity index (χ0) is 15.4. The number of nitrogens with zero attached hydrogens (tertiary/aromatic N) is 2. The minimum atomic E-state index is -0.983. The Balaban J connectivity index is 1.93. The van der Waals surface area contributed by atoms with Crippen molar-refractivity contribution >= 4 is 17.8 Å². The lowest BCUT2D eigenvalue weighted by Gasteiger charge is -2.32. The van der Waals surface area contributed by atoms with Gasteiger partial charge in [-0.3, -0.25) is 24.6 Å². The topological polar surface area (TPSA) is 104 Å². The highest BCUT2D eigenvalue weighted by Crippen LogP contribution is 2.04. The first-order chi connectivity index (χ1) is 9.99. The third-order valence-corrected chi connectivity index (χ3v) is 3.42. The highest BCUT2D eigenvalue weighted by Gasteiger charge is 2.30. The second-order valence-electron chi connectivity index (χ2n) is 4.91. The maximum Gasteiger partial charge on any atom is 0.322 e. The van der Waals surface area contributed by atoms with E-state index in [2.05, 4.69) is 10.6 Å². The van der Waals surface area contributed by atoms with Gasteiger partial charge in [0.1, 0.15) is 11.7 Å². The van der Waals surface area contributed by atoms with Gasteiger partial charge in [-0.1, -0.05) is 0 Å². The molecule has 2 amide bonds. The van der Waals surface area contributed by atoms with Gasteiger partial charge < -0.3 is 15.0 Å². The number of imide groups is 1. The van der Waals surface area contributed by atoms with E-state index in [-0.39, 0.29) is 13.1 Å². The number of aliphatic carboxylic acids is 1. The second kappa shape index (κ2) is 6.51. The van der Waals surface area contributed by atoms with Crippen LogP contribution in [0.4, 0.5) is 0 Å². The normalized spacial score (nSPS) is 19.2. The summed E-state index contributed by atoms with van der Waals surface area (Å²) in [5.74, 6) is -1.98. The highest BCUT2D eigenvalue weighted by molar-refractivity contribution is 6.04. The van der Waals surface area contributed by atoms with Crippen LogP contribution in [0.5, 0.6) is 0 Å². The zero-order valence-corrected chi connectivity index (χ0v) is 11.7. The highest BCUT2D eigenvalue weighted by atomic mass is 16.4. The number of hydrogen-bond acceptors (Lipinski definition) is 5. The van der Waals surface area contributed by atoms with Crippen LogP contribution in [0.25, 0.3) is 0 Å². The Morgan fingerprint density at radius 2 is 2.24 bits per heavy atom. The van der Waals surface area contributed by atoms with Crippen LogP contribution in [0.2, 0.25) is 0 Å². The van der Waals surface area contributed by atoms with E-state index in [1.165, 1.54) is 0 Å². The number of amides is 2. The number of carboxylic acid groups (broad SMARTS) is 1. The fourth-order valence-electron chi connectivity index (χ4n) is 2.29. The molecule has 1 aliphatic rings. The van der Waals surface area contributed by atoms with Gasteiger partial charge in [0.15, 0.2) is 0 Å². The van der Waals surface area contributed by atoms with Crippen LogP contribution < -0.4 is 10.6 Å². The van der Waals surface area contributed by atoms with Crippen LogP contribution in [-0.4, -0.2) is 64.6 Å². The average molecular weight is 294 g/mol. The van der Waals surface area contributed by atoms with Crippen LogP contribution >= 0.6 is 0 Å². The predicted octanol–water partition coefficient (Wildman–Crippen LogP) is -1.36. The summed E-state index contributed by atoms with van der Waals surface area (Å²) in [7, 11) is 1.70. The molecule has 0 spiro atoms. The Morgan fingerprint density at radius 3 is 2.86 bits per heavy atom. The first-order valence-electron chi connectivity index (χ1n) is 6.62. The van der Waals surface area contributed by atoms with Crippen molar-refractivity contribution in [3.63, 3.8) is 0 Å². The maximum absolute atomic E-state index is 11.9. The minimum absolute atomic E-state index is 0.116. The lowest BCUT2D eigenvalue weighted by atomic mass is 10.2. The zero-order valence-electron chi connectivity index (χ0n) is 11.7. The van der Waals surface area contributed by atoms with Crippen molar-refractivity contribution in [3.05, 3.63) is 24.0 Å². The number of piperazine rings is 1. The summed E-state index contributed by atoms with van der Waals surface area (Å²) in [5, 5.41) is 14.3. The molecule has 8 nitrogen and oxygen atoms in total. The molecule has 0 saturated carbocycles. The molecule has 0 aliphatic carbocycles. The molecule has 0 aromatic carbocycles. The van der Waals surface area contributed by atoms with Gasteiger partial charge >= 0.3 is 5.97 Å². The summed E-state index contributed by atoms with van der Waals surface area (Å²) in [6.45, 7) is 1.23. The largest absolute Gasteiger partial charge is 0.480 e. The van der Waals surface area contributed by atoms with Gasteiger partial charge in [-0.05, 0) is 12.1 Å². The molecule has 8 heteroatoms. The molecule has 1 saturated heterocycles. The van der Waals surface area contributed by atoms with Gasteiger partial charge in [0.05, 0.1) is 6.54 Å². The van der Waals surface area contributed by atoms with E-state index >= 15 is 0 Å². The SMILES string of the molecule is Cn1cccc1C(=O)NC(=O)CN1CCNCC1C(=O)O. The molecule has 1 aromatic heterocycles. The molecule has 0 bridgehead atoms. The maximum atomic E-state index is 11.9. The first kappa shape index (κ1) is 15.2. The lowest BCUT2D eigenvalue weighted by molar-refractivity contribution is -0.144. The second-order valence-corrected chi connectivity index (χ2v) is 4.91. The summed E-state index contributed by atoms with van der Waals surface area (Å²) in [5.41, 5.74) is 0.374. The van der Waals surface area contributed by atoms with Crippen molar-refractivity contribution in [1.29, 1.82) is 0 Å². The molecule has 1 aliphatic heterocycles. The monoisotopic (exact) mass is 294 g/mol. The van der Waals surface area contributed by atoms with Crippen LogP contribution in [0.1, 0.15) is 10.5 Å². The van der Waals surface area contributed by atoms with Crippen molar-refractivity contribution in [2.75, 3.05) is 26.2 Å². The Hall–Kier alpha value is -2.19. The first-order valence-corrected chi connectivity index (χ1v) is 6.62. The van der Waals surface area contributed by atoms with Crippen LogP contribution in [0.15, 0.2) is 18.3 Å². The lowest BCUT2D eigenvalue weighted by Crippen LogP contribution is -2.57. The average Bonchev–Trinajstić information content (AvgIpc) is 2.85. The van der Waals surface area contributed by atoms with Gasteiger partial charge in [0.25, 0.3) is 5.91 Å². The van der Waals surface area contributed by atoms with E-state index in [9.17, 15) is 14.4 Å². The quantitative estimate of drug-likeness (QED) is 0.634. The molecule has 3 N–H and O–H groups in total. The molecule has 21 heavy (non-hydrogen) atoms. The fraction of sp³-hybridized carbons (Fsp3) is 0.462. The van der Waals surface area contributed by atoms with Gasteiger partial charge in [-0.15, -0.1) is 0 Å². The van der Waals surface area contributed by atoms with E-state index in [0.717, 1.165) is 0 Å². The fourth-order valence-corrected chi connectivity index (χ4v) is 2.29. The number of nitrogens with one attached hydrogen (secondary N) is 2. The van der Waals surface area contributed by atoms with Crippen molar-refractivity contribution < 1.29 is 19.5 Å². The number of hydrogen-bond donors (Lipinski definition) is 3. The molecule has 0 radical (unpaired) electrons. The van der Waals surface area contributed by atoms with E-state index < -0.39 is 23.8 Å². The standard InChI is InChI=1S/C13H18N4O4/c1-16-5-2-3-9(16)12(19)15-11(18)8-17-6-4-14-7-10(17)13(20)21/h2-3,5,10,14H,4,6-8H2,1H3,(H,20,21)(H,15,18,19). The van der Waals surface area contributed by atoms with E-state index in [1.54, 1.807) is 34.8 Å². The number of aryl methyl sites for hydroxylation is 1. The summed E-state index contributed by atoms with van der Waals surface area (Å²) in [6, 6.07) is 2.55. The number of aromatic nitrogens is 1. The smallest absolute Gasteiger partial charge is 0.322 e. The van der Waals surface area contributed by atoms with Gasteiger partial charge in [0, 0.05) is 32.9 Å². The van der Waals surface area contributed by atoms with Crippen LogP contribution in [0.3, 0.4) is 0 Å². The molecule has 2 rings (SSSR count). The molecule has 1 unspecified atom stereocenters. The molecular weight excluding hydrogens is 276 g/mol. The van der Waals surface area contributed by atoms with Crippen LogP contribution in [-0.2, 0) is 16.6 Å². The van der Waals surface area contributed by atoms with Crippen molar-refractivity contribution in [1.82, 2.24) is 20.1 Å². The van der Waals surface area contributed by atoms with Gasteiger partial charge in [-0.25, -0.2) is 0 Å². The predicted molar refractivity (Wildman–Crippen MR) is 73.8 cm³/mol.